The van der Waals surface area contributed by atoms with Gasteiger partial charge in [-0.1, -0.05) is 24.4 Å². The second-order valence-electron chi connectivity index (χ2n) is 6.83. The van der Waals surface area contributed by atoms with Gasteiger partial charge in [-0.3, -0.25) is 4.79 Å². The first kappa shape index (κ1) is 16.3. The van der Waals surface area contributed by atoms with Gasteiger partial charge in [0.05, 0.1) is 23.7 Å². The number of anilines is 1. The first-order valence-electron chi connectivity index (χ1n) is 8.49. The summed E-state index contributed by atoms with van der Waals surface area (Å²) in [6.07, 6.45) is 6.71. The summed E-state index contributed by atoms with van der Waals surface area (Å²) in [6.45, 7) is 2.75. The van der Waals surface area contributed by atoms with Crippen LogP contribution in [0.2, 0.25) is 5.02 Å². The molecule has 1 heterocycles. The number of benzene rings is 1. The monoisotopic (exact) mass is 332 g/mol. The van der Waals surface area contributed by atoms with Crippen molar-refractivity contribution >= 4 is 23.2 Å². The molecule has 3 atom stereocenters. The predicted molar refractivity (Wildman–Crippen MR) is 90.4 cm³/mol. The van der Waals surface area contributed by atoms with Crippen LogP contribution in [0.1, 0.15) is 37.7 Å². The third kappa shape index (κ3) is 4.04. The molecule has 0 aromatic heterocycles. The predicted octanol–water partition coefficient (Wildman–Crippen LogP) is 2.25. The number of rotatable bonds is 3. The van der Waals surface area contributed by atoms with E-state index in [0.717, 1.165) is 24.9 Å². The van der Waals surface area contributed by atoms with Gasteiger partial charge in [0.25, 0.3) is 5.91 Å². The summed E-state index contributed by atoms with van der Waals surface area (Å²) < 4.78 is 0. The van der Waals surface area contributed by atoms with Crippen LogP contribution >= 0.6 is 11.6 Å². The van der Waals surface area contributed by atoms with Gasteiger partial charge in [0.2, 0.25) is 0 Å². The lowest BCUT2D eigenvalue weighted by Gasteiger charge is -2.38. The van der Waals surface area contributed by atoms with Crippen molar-refractivity contribution in [3.63, 3.8) is 0 Å². The van der Waals surface area contributed by atoms with E-state index in [-0.39, 0.29) is 5.91 Å². The van der Waals surface area contributed by atoms with Crippen molar-refractivity contribution in [3.8, 4) is 6.07 Å². The summed E-state index contributed by atoms with van der Waals surface area (Å²) in [4.78, 5) is 13.7. The number of nitrogens with zero attached hydrogens (tertiary/aromatic N) is 1. The van der Waals surface area contributed by atoms with E-state index in [4.69, 9.17) is 16.9 Å². The number of amides is 1. The third-order valence-corrected chi connectivity index (χ3v) is 5.58. The highest BCUT2D eigenvalue weighted by atomic mass is 35.5. The Labute approximate surface area is 142 Å². The second kappa shape index (κ2) is 7.33. The lowest BCUT2D eigenvalue weighted by molar-refractivity contribution is -0.902. The zero-order valence-corrected chi connectivity index (χ0v) is 14.0. The molecule has 23 heavy (non-hydrogen) atoms. The maximum absolute atomic E-state index is 12.3. The van der Waals surface area contributed by atoms with Crippen molar-refractivity contribution < 1.29 is 9.69 Å². The number of halogens is 1. The Balaban J connectivity index is 1.53. The number of piperidine rings is 1. The molecular weight excluding hydrogens is 310 g/mol. The molecule has 122 valence electrons. The van der Waals surface area contributed by atoms with Crippen molar-refractivity contribution in [3.05, 3.63) is 28.8 Å². The molecule has 2 fully saturated rings. The quantitative estimate of drug-likeness (QED) is 0.892. The number of nitriles is 1. The van der Waals surface area contributed by atoms with Crippen molar-refractivity contribution in [1.29, 1.82) is 5.26 Å². The molecule has 0 spiro atoms. The number of fused-ring (bicyclic) bond motifs is 1. The zero-order chi connectivity index (χ0) is 16.2. The van der Waals surface area contributed by atoms with Crippen LogP contribution in [0.4, 0.5) is 5.69 Å². The van der Waals surface area contributed by atoms with Gasteiger partial charge < -0.3 is 10.2 Å². The Morgan fingerprint density at radius 3 is 2.83 bits per heavy atom. The number of carbonyl (C=O) groups excluding carboxylic acids is 1. The van der Waals surface area contributed by atoms with E-state index in [2.05, 4.69) is 5.32 Å². The minimum absolute atomic E-state index is 0.0232. The van der Waals surface area contributed by atoms with E-state index in [0.29, 0.717) is 22.8 Å². The molecule has 1 aliphatic carbocycles. The molecule has 2 aliphatic rings. The van der Waals surface area contributed by atoms with E-state index < -0.39 is 0 Å². The summed E-state index contributed by atoms with van der Waals surface area (Å²) in [7, 11) is 0. The van der Waals surface area contributed by atoms with Gasteiger partial charge in [-0.15, -0.1) is 0 Å². The van der Waals surface area contributed by atoms with Crippen LogP contribution in [-0.2, 0) is 4.79 Å². The summed E-state index contributed by atoms with van der Waals surface area (Å²) in [5, 5.41) is 12.2. The summed E-state index contributed by atoms with van der Waals surface area (Å²) in [5.41, 5.74) is 1.08. The fraction of sp³-hybridized carbons (Fsp3) is 0.556. The van der Waals surface area contributed by atoms with Crippen LogP contribution in [-0.4, -0.2) is 25.5 Å². The number of nitrogens with one attached hydrogen (secondary N) is 2. The van der Waals surface area contributed by atoms with Gasteiger partial charge in [-0.2, -0.15) is 5.26 Å². The molecule has 0 bridgehead atoms. The van der Waals surface area contributed by atoms with Gasteiger partial charge in [0, 0.05) is 11.6 Å². The summed E-state index contributed by atoms with van der Waals surface area (Å²) >= 11 is 6.00. The Kier molecular flexibility index (Phi) is 5.20. The molecule has 4 nitrogen and oxygen atoms in total. The number of likely N-dealkylation sites (tertiary alicyclic amines) is 1. The minimum Gasteiger partial charge on any atom is -0.327 e. The highest BCUT2D eigenvalue weighted by Gasteiger charge is 2.34. The molecule has 2 N–H and O–H groups in total. The van der Waals surface area contributed by atoms with Crippen LogP contribution in [0.15, 0.2) is 18.2 Å². The standard InChI is InChI=1S/C18H22ClN3O/c19-17-9-16(6-5-14(17)10-20)21-18(23)12-22-8-7-13-3-1-2-4-15(13)11-22/h5-6,9,13,15H,1-4,7-8,11-12H2,(H,21,23)/p+1/t13-,15+/m0/s1. The molecule has 0 radical (unpaired) electrons. The highest BCUT2D eigenvalue weighted by Crippen LogP contribution is 2.32. The third-order valence-electron chi connectivity index (χ3n) is 5.27. The topological polar surface area (TPSA) is 57.3 Å². The molecule has 1 aromatic rings. The second-order valence-corrected chi connectivity index (χ2v) is 7.24. The molecule has 1 unspecified atom stereocenters. The maximum Gasteiger partial charge on any atom is 0.279 e. The Hall–Kier alpha value is -1.57. The molecule has 1 saturated heterocycles. The fourth-order valence-electron chi connectivity index (χ4n) is 4.07. The number of carbonyl (C=O) groups is 1. The van der Waals surface area contributed by atoms with Crippen molar-refractivity contribution in [2.24, 2.45) is 11.8 Å². The van der Waals surface area contributed by atoms with E-state index in [1.54, 1.807) is 18.2 Å². The largest absolute Gasteiger partial charge is 0.327 e. The molecule has 1 aliphatic heterocycles. The molecular formula is C18H23ClN3O+. The van der Waals surface area contributed by atoms with Crippen molar-refractivity contribution in [1.82, 2.24) is 0 Å². The Morgan fingerprint density at radius 1 is 1.30 bits per heavy atom. The molecule has 1 saturated carbocycles. The molecule has 3 rings (SSSR count). The Morgan fingerprint density at radius 2 is 2.09 bits per heavy atom. The Bertz CT molecular complexity index is 625. The SMILES string of the molecule is N#Cc1ccc(NC(=O)C[NH+]2CC[C@@H]3CCCC[C@@H]3C2)cc1Cl. The first-order chi connectivity index (χ1) is 11.2. The average Bonchev–Trinajstić information content (AvgIpc) is 2.55. The number of hydrogen-bond acceptors (Lipinski definition) is 2. The minimum atomic E-state index is 0.0232. The molecule has 1 aromatic carbocycles. The lowest BCUT2D eigenvalue weighted by Crippen LogP contribution is -3.15. The molecule has 1 amide bonds. The maximum atomic E-state index is 12.3. The normalized spacial score (nSPS) is 26.9. The summed E-state index contributed by atoms with van der Waals surface area (Å²) in [5.74, 6) is 1.73. The fourth-order valence-corrected chi connectivity index (χ4v) is 4.29. The smallest absolute Gasteiger partial charge is 0.279 e. The lowest BCUT2D eigenvalue weighted by atomic mass is 9.75. The summed E-state index contributed by atoms with van der Waals surface area (Å²) in [6, 6.07) is 7.02. The highest BCUT2D eigenvalue weighted by molar-refractivity contribution is 6.32. The van der Waals surface area contributed by atoms with E-state index >= 15 is 0 Å². The van der Waals surface area contributed by atoms with Crippen LogP contribution in [0.5, 0.6) is 0 Å². The van der Waals surface area contributed by atoms with Crippen LogP contribution in [0, 0.1) is 23.2 Å². The van der Waals surface area contributed by atoms with Crippen molar-refractivity contribution in [2.45, 2.75) is 32.1 Å². The molecule has 5 heteroatoms. The zero-order valence-electron chi connectivity index (χ0n) is 13.3. The van der Waals surface area contributed by atoms with Gasteiger partial charge in [-0.05, 0) is 43.4 Å². The number of hydrogen-bond donors (Lipinski definition) is 2. The van der Waals surface area contributed by atoms with Crippen LogP contribution in [0.25, 0.3) is 0 Å². The van der Waals surface area contributed by atoms with E-state index in [1.807, 2.05) is 6.07 Å². The van der Waals surface area contributed by atoms with E-state index in [1.165, 1.54) is 37.0 Å². The van der Waals surface area contributed by atoms with Gasteiger partial charge >= 0.3 is 0 Å². The van der Waals surface area contributed by atoms with E-state index in [9.17, 15) is 4.79 Å². The van der Waals surface area contributed by atoms with Gasteiger partial charge in [0.1, 0.15) is 6.07 Å². The number of quaternary nitrogens is 1. The van der Waals surface area contributed by atoms with Gasteiger partial charge in [0.15, 0.2) is 6.54 Å². The average molecular weight is 333 g/mol. The van der Waals surface area contributed by atoms with Crippen molar-refractivity contribution in [2.75, 3.05) is 25.0 Å². The first-order valence-corrected chi connectivity index (χ1v) is 8.86. The van der Waals surface area contributed by atoms with Gasteiger partial charge in [-0.25, -0.2) is 0 Å². The van der Waals surface area contributed by atoms with Crippen LogP contribution < -0.4 is 10.2 Å². The van der Waals surface area contributed by atoms with Crippen LogP contribution in [0.3, 0.4) is 0 Å².